The first kappa shape index (κ1) is 30.6. The average molecular weight is 554 g/mol. The first-order valence-electron chi connectivity index (χ1n) is 15.0. The van der Waals surface area contributed by atoms with Crippen LogP contribution in [0.1, 0.15) is 126 Å². The molecule has 3 rings (SSSR count). The van der Waals surface area contributed by atoms with E-state index in [9.17, 15) is 4.79 Å². The van der Waals surface area contributed by atoms with Crippen molar-refractivity contribution in [2.24, 2.45) is 0 Å². The van der Waals surface area contributed by atoms with Crippen molar-refractivity contribution in [3.63, 3.8) is 0 Å². The van der Waals surface area contributed by atoms with Gasteiger partial charge in [0.1, 0.15) is 0 Å². The summed E-state index contributed by atoms with van der Waals surface area (Å²) in [5.74, 6) is -0.227. The Kier molecular flexibility index (Phi) is 14.7. The van der Waals surface area contributed by atoms with Gasteiger partial charge in [-0.15, -0.1) is 11.3 Å². The Morgan fingerprint density at radius 1 is 0.737 bits per heavy atom. The number of aromatic nitrogens is 1. The zero-order valence-electron chi connectivity index (χ0n) is 23.4. The Labute approximate surface area is 239 Å². The summed E-state index contributed by atoms with van der Waals surface area (Å²) in [7, 11) is 0. The molecule has 3 aromatic rings. The van der Waals surface area contributed by atoms with E-state index in [0.29, 0.717) is 18.7 Å². The van der Waals surface area contributed by atoms with Gasteiger partial charge in [-0.05, 0) is 48.5 Å². The van der Waals surface area contributed by atoms with Gasteiger partial charge in [0, 0.05) is 6.54 Å². The van der Waals surface area contributed by atoms with Crippen LogP contribution in [0.25, 0.3) is 10.2 Å². The fourth-order valence-electron chi connectivity index (χ4n) is 4.99. The van der Waals surface area contributed by atoms with E-state index in [0.717, 1.165) is 27.9 Å². The second kappa shape index (κ2) is 18.3. The summed E-state index contributed by atoms with van der Waals surface area (Å²) < 4.78 is 9.73. The number of carbonyl (C=O) groups is 1. The fraction of sp³-hybridized carbons (Fsp3) is 0.576. The van der Waals surface area contributed by atoms with Gasteiger partial charge in [-0.1, -0.05) is 128 Å². The summed E-state index contributed by atoms with van der Waals surface area (Å²) in [6, 6.07) is 16.0. The van der Waals surface area contributed by atoms with Crippen LogP contribution in [0.15, 0.2) is 48.5 Å². The minimum absolute atomic E-state index is 0.227. The molecule has 0 radical (unpaired) electrons. The van der Waals surface area contributed by atoms with E-state index < -0.39 is 0 Å². The third kappa shape index (κ3) is 11.0. The summed E-state index contributed by atoms with van der Waals surface area (Å²) in [5, 5.41) is 0. The Bertz CT molecular complexity index is 1120. The zero-order chi connectivity index (χ0) is 26.8. The van der Waals surface area contributed by atoms with Gasteiger partial charge < -0.3 is 9.30 Å². The number of nitrogens with zero attached hydrogens (tertiary/aromatic N) is 1. The molecule has 5 heteroatoms. The Morgan fingerprint density at radius 3 is 1.84 bits per heavy atom. The molecular formula is C33H47NO2S2. The summed E-state index contributed by atoms with van der Waals surface area (Å²) in [5.41, 5.74) is 2.90. The molecule has 0 unspecified atom stereocenters. The van der Waals surface area contributed by atoms with Gasteiger partial charge in [0.05, 0.1) is 22.4 Å². The molecule has 38 heavy (non-hydrogen) atoms. The number of unbranched alkanes of at least 4 members (excludes halogenated alkanes) is 15. The summed E-state index contributed by atoms with van der Waals surface area (Å²) in [6.07, 6.45) is 21.5. The number of esters is 1. The molecular weight excluding hydrogens is 507 g/mol. The van der Waals surface area contributed by atoms with Crippen LogP contribution >= 0.6 is 23.6 Å². The highest BCUT2D eigenvalue weighted by molar-refractivity contribution is 7.73. The summed E-state index contributed by atoms with van der Waals surface area (Å²) in [4.78, 5) is 12.4. The molecule has 1 aromatic heterocycles. The number of benzene rings is 2. The molecule has 0 saturated heterocycles. The van der Waals surface area contributed by atoms with Gasteiger partial charge in [0.15, 0.2) is 3.95 Å². The Morgan fingerprint density at radius 2 is 1.26 bits per heavy atom. The smallest absolute Gasteiger partial charge is 0.338 e. The van der Waals surface area contributed by atoms with Crippen molar-refractivity contribution in [1.82, 2.24) is 4.57 Å². The zero-order valence-corrected chi connectivity index (χ0v) is 25.1. The SMILES string of the molecule is CCCCCCCCCCCCCCCCCCOC(=O)c1ccc(Cn2c(=S)sc3ccccc32)cc1. The molecule has 0 aliphatic rings. The first-order valence-corrected chi connectivity index (χ1v) is 16.3. The highest BCUT2D eigenvalue weighted by atomic mass is 32.1. The monoisotopic (exact) mass is 553 g/mol. The third-order valence-electron chi connectivity index (χ3n) is 7.34. The van der Waals surface area contributed by atoms with Crippen LogP contribution in [-0.2, 0) is 11.3 Å². The second-order valence-electron chi connectivity index (χ2n) is 10.6. The number of carbonyl (C=O) groups excluding carboxylic acids is 1. The van der Waals surface area contributed by atoms with Crippen molar-refractivity contribution in [3.05, 3.63) is 63.6 Å². The molecule has 0 aliphatic carbocycles. The van der Waals surface area contributed by atoms with Crippen molar-refractivity contribution in [2.75, 3.05) is 6.61 Å². The van der Waals surface area contributed by atoms with E-state index in [1.165, 1.54) is 94.6 Å². The van der Waals surface area contributed by atoms with Crippen LogP contribution in [-0.4, -0.2) is 17.1 Å². The van der Waals surface area contributed by atoms with Crippen LogP contribution in [0, 0.1) is 3.95 Å². The Balaban J connectivity index is 1.19. The van der Waals surface area contributed by atoms with Gasteiger partial charge in [0.25, 0.3) is 0 Å². The van der Waals surface area contributed by atoms with E-state index in [-0.39, 0.29) is 5.97 Å². The number of fused-ring (bicyclic) bond motifs is 1. The van der Waals surface area contributed by atoms with Crippen LogP contribution < -0.4 is 0 Å². The fourth-order valence-corrected chi connectivity index (χ4v) is 6.31. The molecule has 0 atom stereocenters. The summed E-state index contributed by atoms with van der Waals surface area (Å²) >= 11 is 7.20. The number of hydrogen-bond acceptors (Lipinski definition) is 4. The van der Waals surface area contributed by atoms with Gasteiger partial charge in [-0.2, -0.15) is 0 Å². The predicted molar refractivity (Wildman–Crippen MR) is 166 cm³/mol. The number of para-hydroxylation sites is 1. The molecule has 0 amide bonds. The second-order valence-corrected chi connectivity index (χ2v) is 12.2. The Hall–Kier alpha value is -1.98. The van der Waals surface area contributed by atoms with Crippen LogP contribution in [0.5, 0.6) is 0 Å². The lowest BCUT2D eigenvalue weighted by Crippen LogP contribution is -2.07. The molecule has 0 saturated carbocycles. The average Bonchev–Trinajstić information content (AvgIpc) is 3.25. The van der Waals surface area contributed by atoms with Crippen molar-refractivity contribution in [1.29, 1.82) is 0 Å². The molecule has 0 bridgehead atoms. The minimum Gasteiger partial charge on any atom is -0.462 e. The standard InChI is InChI=1S/C33H47NO2S2/c1-2-3-4-5-6-7-8-9-10-11-12-13-14-15-16-19-26-36-32(35)29-24-22-28(23-25-29)27-34-30-20-17-18-21-31(30)38-33(34)37/h17-18,20-25H,2-16,19,26-27H2,1H3. The molecule has 0 spiro atoms. The number of rotatable bonds is 20. The van der Waals surface area contributed by atoms with Gasteiger partial charge in [-0.25, -0.2) is 4.79 Å². The van der Waals surface area contributed by atoms with Gasteiger partial charge >= 0.3 is 5.97 Å². The van der Waals surface area contributed by atoms with Crippen molar-refractivity contribution in [3.8, 4) is 0 Å². The first-order chi connectivity index (χ1) is 18.7. The maximum Gasteiger partial charge on any atom is 0.338 e. The summed E-state index contributed by atoms with van der Waals surface area (Å²) in [6.45, 7) is 3.50. The van der Waals surface area contributed by atoms with E-state index in [1.54, 1.807) is 11.3 Å². The van der Waals surface area contributed by atoms with Crippen LogP contribution in [0.4, 0.5) is 0 Å². The predicted octanol–water partition coefficient (Wildman–Crippen LogP) is 10.9. The highest BCUT2D eigenvalue weighted by Crippen LogP contribution is 2.24. The number of thiazole rings is 1. The lowest BCUT2D eigenvalue weighted by molar-refractivity contribution is 0.0497. The minimum atomic E-state index is -0.227. The van der Waals surface area contributed by atoms with Crippen LogP contribution in [0.3, 0.4) is 0 Å². The lowest BCUT2D eigenvalue weighted by atomic mass is 10.0. The lowest BCUT2D eigenvalue weighted by Gasteiger charge is -2.08. The molecule has 0 fully saturated rings. The van der Waals surface area contributed by atoms with E-state index in [1.807, 2.05) is 36.4 Å². The topological polar surface area (TPSA) is 31.2 Å². The number of ether oxygens (including phenoxy) is 1. The largest absolute Gasteiger partial charge is 0.462 e. The van der Waals surface area contributed by atoms with Crippen molar-refractivity contribution >= 4 is 39.7 Å². The van der Waals surface area contributed by atoms with E-state index in [4.69, 9.17) is 17.0 Å². The molecule has 208 valence electrons. The van der Waals surface area contributed by atoms with Gasteiger partial charge in [0.2, 0.25) is 0 Å². The molecule has 0 aliphatic heterocycles. The number of hydrogen-bond donors (Lipinski definition) is 0. The van der Waals surface area contributed by atoms with E-state index >= 15 is 0 Å². The third-order valence-corrected chi connectivity index (χ3v) is 8.77. The highest BCUT2D eigenvalue weighted by Gasteiger charge is 2.09. The maximum absolute atomic E-state index is 12.4. The molecule has 0 N–H and O–H groups in total. The molecule has 2 aromatic carbocycles. The van der Waals surface area contributed by atoms with Gasteiger partial charge in [-0.3, -0.25) is 0 Å². The normalized spacial score (nSPS) is 11.3. The van der Waals surface area contributed by atoms with Crippen molar-refractivity contribution < 1.29 is 9.53 Å². The van der Waals surface area contributed by atoms with Crippen molar-refractivity contribution in [2.45, 2.75) is 116 Å². The van der Waals surface area contributed by atoms with Crippen LogP contribution in [0.2, 0.25) is 0 Å². The molecule has 1 heterocycles. The quantitative estimate of drug-likeness (QED) is 0.0792. The maximum atomic E-state index is 12.4. The van der Waals surface area contributed by atoms with E-state index in [2.05, 4.69) is 23.6 Å². The molecule has 3 nitrogen and oxygen atoms in total.